The summed E-state index contributed by atoms with van der Waals surface area (Å²) < 4.78 is 0. The summed E-state index contributed by atoms with van der Waals surface area (Å²) in [4.78, 5) is 2.21. The first kappa shape index (κ1) is 19.4. The molecule has 0 amide bonds. The van der Waals surface area contributed by atoms with Gasteiger partial charge in [0.05, 0.1) is 6.04 Å². The first-order valence-corrected chi connectivity index (χ1v) is 9.19. The van der Waals surface area contributed by atoms with Gasteiger partial charge in [-0.3, -0.25) is 0 Å². The highest BCUT2D eigenvalue weighted by molar-refractivity contribution is 7.80. The van der Waals surface area contributed by atoms with Gasteiger partial charge in [-0.25, -0.2) is 0 Å². The lowest BCUT2D eigenvalue weighted by Gasteiger charge is -2.26. The Balaban J connectivity index is 1.97. The fourth-order valence-electron chi connectivity index (χ4n) is 2.76. The molecule has 0 aliphatic carbocycles. The molecule has 0 aliphatic rings. The fourth-order valence-corrected chi connectivity index (χ4v) is 2.96. The van der Waals surface area contributed by atoms with Crippen LogP contribution in [0, 0.1) is 13.8 Å². The van der Waals surface area contributed by atoms with Crippen molar-refractivity contribution in [2.24, 2.45) is 0 Å². The SMILES string of the molecule is CCc1ccc([C@H](CNC(=S)Nc2ccc(C)c(C)c2)N(C)C)cc1. The molecule has 0 fully saturated rings. The van der Waals surface area contributed by atoms with Crippen LogP contribution in [0.3, 0.4) is 0 Å². The topological polar surface area (TPSA) is 27.3 Å². The van der Waals surface area contributed by atoms with Gasteiger partial charge < -0.3 is 15.5 Å². The Bertz CT molecular complexity index is 708. The molecule has 4 heteroatoms. The maximum Gasteiger partial charge on any atom is 0.170 e. The largest absolute Gasteiger partial charge is 0.361 e. The molecule has 0 aromatic heterocycles. The van der Waals surface area contributed by atoms with Gasteiger partial charge in [0.25, 0.3) is 0 Å². The summed E-state index contributed by atoms with van der Waals surface area (Å²) >= 11 is 5.47. The third-order valence-electron chi connectivity index (χ3n) is 4.62. The summed E-state index contributed by atoms with van der Waals surface area (Å²) in [6.07, 6.45) is 1.06. The number of nitrogens with zero attached hydrogens (tertiary/aromatic N) is 1. The van der Waals surface area contributed by atoms with Gasteiger partial charge in [0.1, 0.15) is 0 Å². The molecule has 0 saturated heterocycles. The molecule has 1 atom stereocenters. The maximum absolute atomic E-state index is 5.47. The van der Waals surface area contributed by atoms with Gasteiger partial charge in [0.15, 0.2) is 5.11 Å². The Morgan fingerprint density at radius 1 is 1.04 bits per heavy atom. The number of likely N-dealkylation sites (N-methyl/N-ethyl adjacent to an activating group) is 1. The lowest BCUT2D eigenvalue weighted by molar-refractivity contribution is 0.299. The van der Waals surface area contributed by atoms with Gasteiger partial charge in [0, 0.05) is 12.2 Å². The first-order valence-electron chi connectivity index (χ1n) is 8.78. The van der Waals surface area contributed by atoms with Crippen LogP contribution in [0.4, 0.5) is 5.69 Å². The van der Waals surface area contributed by atoms with Gasteiger partial charge in [0.2, 0.25) is 0 Å². The molecule has 25 heavy (non-hydrogen) atoms. The molecule has 0 spiro atoms. The zero-order chi connectivity index (χ0) is 18.4. The van der Waals surface area contributed by atoms with E-state index in [2.05, 4.69) is 92.9 Å². The van der Waals surface area contributed by atoms with E-state index in [4.69, 9.17) is 12.2 Å². The molecule has 2 aromatic carbocycles. The molecule has 0 bridgehead atoms. The number of nitrogens with one attached hydrogen (secondary N) is 2. The van der Waals surface area contributed by atoms with Crippen LogP contribution >= 0.6 is 12.2 Å². The molecular formula is C21H29N3S. The van der Waals surface area contributed by atoms with E-state index in [1.54, 1.807) is 0 Å². The van der Waals surface area contributed by atoms with Gasteiger partial charge in [-0.15, -0.1) is 0 Å². The van der Waals surface area contributed by atoms with E-state index in [1.807, 2.05) is 0 Å². The van der Waals surface area contributed by atoms with Crippen molar-refractivity contribution >= 4 is 23.0 Å². The lowest BCUT2D eigenvalue weighted by atomic mass is 10.0. The number of hydrogen-bond donors (Lipinski definition) is 2. The molecule has 0 heterocycles. The molecule has 134 valence electrons. The van der Waals surface area contributed by atoms with Crippen molar-refractivity contribution in [2.45, 2.75) is 33.2 Å². The number of benzene rings is 2. The summed E-state index contributed by atoms with van der Waals surface area (Å²) in [7, 11) is 4.19. The quantitative estimate of drug-likeness (QED) is 0.749. The molecule has 0 aliphatic heterocycles. The van der Waals surface area contributed by atoms with Gasteiger partial charge >= 0.3 is 0 Å². The van der Waals surface area contributed by atoms with E-state index in [9.17, 15) is 0 Å². The number of rotatable bonds is 6. The van der Waals surface area contributed by atoms with Crippen LogP contribution in [0.2, 0.25) is 0 Å². The van der Waals surface area contributed by atoms with Gasteiger partial charge in [-0.1, -0.05) is 37.3 Å². The molecule has 2 rings (SSSR count). The second kappa shape index (κ2) is 8.97. The lowest BCUT2D eigenvalue weighted by Crippen LogP contribution is -2.36. The molecule has 2 aromatic rings. The molecule has 2 N–H and O–H groups in total. The Hall–Kier alpha value is -1.91. The number of anilines is 1. The van der Waals surface area contributed by atoms with Crippen molar-refractivity contribution in [3.63, 3.8) is 0 Å². The van der Waals surface area contributed by atoms with Crippen molar-refractivity contribution < 1.29 is 0 Å². The van der Waals surface area contributed by atoms with E-state index in [1.165, 1.54) is 22.3 Å². The molecular weight excluding hydrogens is 326 g/mol. The molecule has 0 unspecified atom stereocenters. The summed E-state index contributed by atoms with van der Waals surface area (Å²) in [5, 5.41) is 7.28. The van der Waals surface area contributed by atoms with Gasteiger partial charge in [-0.2, -0.15) is 0 Å². The zero-order valence-corrected chi connectivity index (χ0v) is 16.7. The third-order valence-corrected chi connectivity index (χ3v) is 4.86. The summed E-state index contributed by atoms with van der Waals surface area (Å²) in [5.74, 6) is 0. The van der Waals surface area contributed by atoms with Crippen molar-refractivity contribution in [2.75, 3.05) is 26.0 Å². The normalized spacial score (nSPS) is 12.1. The smallest absolute Gasteiger partial charge is 0.170 e. The second-order valence-corrected chi connectivity index (χ2v) is 7.12. The summed E-state index contributed by atoms with van der Waals surface area (Å²) in [6, 6.07) is 15.4. The maximum atomic E-state index is 5.47. The van der Waals surface area contributed by atoms with Crippen LogP contribution in [-0.4, -0.2) is 30.7 Å². The fraction of sp³-hybridized carbons (Fsp3) is 0.381. The Kier molecular flexibility index (Phi) is 6.97. The molecule has 3 nitrogen and oxygen atoms in total. The Morgan fingerprint density at radius 3 is 2.28 bits per heavy atom. The highest BCUT2D eigenvalue weighted by Gasteiger charge is 2.14. The Labute approximate surface area is 157 Å². The molecule has 0 saturated carbocycles. The standard InChI is InChI=1S/C21H29N3S/c1-6-17-8-10-18(11-9-17)20(24(4)5)14-22-21(25)23-19-12-7-15(2)16(3)13-19/h7-13,20H,6,14H2,1-5H3,(H2,22,23,25)/t20-/m0/s1. The zero-order valence-electron chi connectivity index (χ0n) is 15.9. The highest BCUT2D eigenvalue weighted by Crippen LogP contribution is 2.19. The minimum absolute atomic E-state index is 0.269. The predicted molar refractivity (Wildman–Crippen MR) is 112 cm³/mol. The van der Waals surface area contributed by atoms with E-state index < -0.39 is 0 Å². The monoisotopic (exact) mass is 355 g/mol. The van der Waals surface area contributed by atoms with Crippen molar-refractivity contribution in [1.29, 1.82) is 0 Å². The van der Waals surface area contributed by atoms with Crippen LogP contribution in [0.25, 0.3) is 0 Å². The van der Waals surface area contributed by atoms with Crippen LogP contribution in [0.1, 0.15) is 35.2 Å². The van der Waals surface area contributed by atoms with E-state index in [-0.39, 0.29) is 6.04 Å². The second-order valence-electron chi connectivity index (χ2n) is 6.71. The first-order chi connectivity index (χ1) is 11.9. The van der Waals surface area contributed by atoms with Crippen LogP contribution in [0.15, 0.2) is 42.5 Å². The predicted octanol–water partition coefficient (Wildman–Crippen LogP) is 4.46. The minimum atomic E-state index is 0.269. The third kappa shape index (κ3) is 5.55. The van der Waals surface area contributed by atoms with Crippen LogP contribution in [0.5, 0.6) is 0 Å². The van der Waals surface area contributed by atoms with Crippen molar-refractivity contribution in [1.82, 2.24) is 10.2 Å². The number of thiocarbonyl (C=S) groups is 1. The van der Waals surface area contributed by atoms with E-state index in [0.717, 1.165) is 18.7 Å². The molecule has 0 radical (unpaired) electrons. The minimum Gasteiger partial charge on any atom is -0.361 e. The summed E-state index contributed by atoms with van der Waals surface area (Å²) in [6.45, 7) is 7.16. The van der Waals surface area contributed by atoms with E-state index >= 15 is 0 Å². The van der Waals surface area contributed by atoms with Crippen molar-refractivity contribution in [3.05, 3.63) is 64.7 Å². The van der Waals surface area contributed by atoms with E-state index in [0.29, 0.717) is 5.11 Å². The number of hydrogen-bond acceptors (Lipinski definition) is 2. The Morgan fingerprint density at radius 2 is 1.72 bits per heavy atom. The number of aryl methyl sites for hydroxylation is 3. The van der Waals surface area contributed by atoms with Crippen LogP contribution < -0.4 is 10.6 Å². The van der Waals surface area contributed by atoms with Gasteiger partial charge in [-0.05, 0) is 81.0 Å². The highest BCUT2D eigenvalue weighted by atomic mass is 32.1. The average molecular weight is 356 g/mol. The average Bonchev–Trinajstić information content (AvgIpc) is 2.58. The van der Waals surface area contributed by atoms with Crippen LogP contribution in [-0.2, 0) is 6.42 Å². The van der Waals surface area contributed by atoms with Crippen molar-refractivity contribution in [3.8, 4) is 0 Å². The summed E-state index contributed by atoms with van der Waals surface area (Å²) in [5.41, 5.74) is 6.22.